The molecule has 9 heteroatoms. The third-order valence-electron chi connectivity index (χ3n) is 1.68. The van der Waals surface area contributed by atoms with Gasteiger partial charge in [0, 0.05) is 12.1 Å². The first-order valence-electron chi connectivity index (χ1n) is 4.06. The summed E-state index contributed by atoms with van der Waals surface area (Å²) in [4.78, 5) is 0. The summed E-state index contributed by atoms with van der Waals surface area (Å²) >= 11 is 0. The van der Waals surface area contributed by atoms with E-state index in [1.807, 2.05) is 0 Å². The van der Waals surface area contributed by atoms with E-state index in [0.717, 1.165) is 6.07 Å². The van der Waals surface area contributed by atoms with Gasteiger partial charge in [-0.2, -0.15) is 35.1 Å². The van der Waals surface area contributed by atoms with Gasteiger partial charge in [0.2, 0.25) is 0 Å². The molecule has 1 rings (SSSR count). The van der Waals surface area contributed by atoms with E-state index in [-0.39, 0.29) is 25.6 Å². The highest BCUT2D eigenvalue weighted by atomic mass is 32.2. The molecule has 17 heavy (non-hydrogen) atoms. The van der Waals surface area contributed by atoms with Crippen molar-refractivity contribution in [3.8, 4) is 5.75 Å². The summed E-state index contributed by atoms with van der Waals surface area (Å²) in [6.45, 7) is -0.121. The number of benzene rings is 1. The highest BCUT2D eigenvalue weighted by molar-refractivity contribution is 7.88. The Kier molecular flexibility index (Phi) is 5.30. The van der Waals surface area contributed by atoms with E-state index < -0.39 is 21.4 Å². The number of para-hydroxylation sites is 1. The quantitative estimate of drug-likeness (QED) is 0.676. The number of hydrogen-bond donors (Lipinski definition) is 1. The highest BCUT2D eigenvalue weighted by Gasteiger charge is 2.48. The van der Waals surface area contributed by atoms with Crippen molar-refractivity contribution in [3.63, 3.8) is 0 Å². The monoisotopic (exact) mass is 289 g/mol. The van der Waals surface area contributed by atoms with Crippen LogP contribution >= 0.6 is 13.5 Å². The van der Waals surface area contributed by atoms with Gasteiger partial charge in [-0.1, -0.05) is 18.2 Å². The molecule has 0 aromatic heterocycles. The van der Waals surface area contributed by atoms with Crippen molar-refractivity contribution >= 4 is 23.6 Å². The van der Waals surface area contributed by atoms with Crippen LogP contribution in [0.4, 0.5) is 13.2 Å². The first-order chi connectivity index (χ1) is 7.28. The van der Waals surface area contributed by atoms with Crippen LogP contribution in [0.3, 0.4) is 0 Å². The Bertz CT molecular complexity index is 473. The second-order valence-corrected chi connectivity index (χ2v) is 4.33. The second kappa shape index (κ2) is 5.61. The van der Waals surface area contributed by atoms with Crippen LogP contribution < -0.4 is 9.92 Å². The van der Waals surface area contributed by atoms with Crippen LogP contribution in [0.15, 0.2) is 24.3 Å². The molecule has 0 fully saturated rings. The molecule has 0 aliphatic heterocycles. The van der Waals surface area contributed by atoms with Gasteiger partial charge < -0.3 is 9.92 Å². The Morgan fingerprint density at radius 2 is 1.76 bits per heavy atom. The van der Waals surface area contributed by atoms with Crippen molar-refractivity contribution in [2.24, 2.45) is 5.73 Å². The molecule has 0 amide bonds. The zero-order valence-corrected chi connectivity index (χ0v) is 10.2. The fraction of sp³-hybridized carbons (Fsp3) is 0.250. The van der Waals surface area contributed by atoms with Crippen molar-refractivity contribution in [2.45, 2.75) is 12.1 Å². The molecule has 1 aromatic rings. The maximum atomic E-state index is 12.0. The lowest BCUT2D eigenvalue weighted by Crippen LogP contribution is -2.28. The minimum absolute atomic E-state index is 0. The minimum Gasteiger partial charge on any atom is -0.376 e. The lowest BCUT2D eigenvalue weighted by Gasteiger charge is -2.11. The Labute approximate surface area is 103 Å². The maximum absolute atomic E-state index is 12.0. The summed E-state index contributed by atoms with van der Waals surface area (Å²) in [6, 6.07) is 5.34. The molecule has 2 N–H and O–H groups in total. The summed E-state index contributed by atoms with van der Waals surface area (Å²) in [7, 11) is -5.64. The van der Waals surface area contributed by atoms with Gasteiger partial charge in [-0.05, 0) is 6.07 Å². The predicted molar refractivity (Wildman–Crippen MR) is 60.3 cm³/mol. The molecule has 0 bridgehead atoms. The number of rotatable bonds is 3. The lowest BCUT2D eigenvalue weighted by molar-refractivity contribution is -0.0500. The zero-order valence-electron chi connectivity index (χ0n) is 8.36. The van der Waals surface area contributed by atoms with E-state index >= 15 is 0 Å². The minimum atomic E-state index is -5.64. The van der Waals surface area contributed by atoms with Gasteiger partial charge in [0.05, 0.1) is 0 Å². The topological polar surface area (TPSA) is 69.4 Å². The summed E-state index contributed by atoms with van der Waals surface area (Å²) in [6.07, 6.45) is 0. The van der Waals surface area contributed by atoms with Crippen LogP contribution in [-0.2, 0) is 16.7 Å². The first-order valence-corrected chi connectivity index (χ1v) is 5.47. The van der Waals surface area contributed by atoms with Crippen LogP contribution in [-0.4, -0.2) is 13.9 Å². The molecule has 0 heterocycles. The molecule has 0 radical (unpaired) electrons. The molecular weight excluding hydrogens is 279 g/mol. The molecule has 4 nitrogen and oxygen atoms in total. The fourth-order valence-corrected chi connectivity index (χ4v) is 1.41. The second-order valence-electron chi connectivity index (χ2n) is 2.80. The van der Waals surface area contributed by atoms with Gasteiger partial charge >= 0.3 is 15.6 Å². The van der Waals surface area contributed by atoms with Crippen LogP contribution in [0.25, 0.3) is 0 Å². The number of hydrogen-bond acceptors (Lipinski definition) is 4. The van der Waals surface area contributed by atoms with E-state index in [1.165, 1.54) is 18.2 Å². The maximum Gasteiger partial charge on any atom is 0.534 e. The number of halogens is 3. The average molecular weight is 289 g/mol. The Morgan fingerprint density at radius 1 is 1.24 bits per heavy atom. The smallest absolute Gasteiger partial charge is 0.376 e. The van der Waals surface area contributed by atoms with E-state index in [1.54, 1.807) is 0 Å². The molecule has 0 aliphatic rings. The summed E-state index contributed by atoms with van der Waals surface area (Å²) in [5, 5.41) is 0. The van der Waals surface area contributed by atoms with Crippen LogP contribution in [0, 0.1) is 0 Å². The van der Waals surface area contributed by atoms with Crippen molar-refractivity contribution in [1.82, 2.24) is 0 Å². The summed E-state index contributed by atoms with van der Waals surface area (Å²) in [5.74, 6) is -0.415. The van der Waals surface area contributed by atoms with Crippen molar-refractivity contribution in [2.75, 3.05) is 0 Å². The first kappa shape index (κ1) is 16.1. The zero-order chi connectivity index (χ0) is 12.4. The Morgan fingerprint density at radius 3 is 2.24 bits per heavy atom. The van der Waals surface area contributed by atoms with Gasteiger partial charge in [-0.15, -0.1) is 0 Å². The van der Waals surface area contributed by atoms with E-state index in [9.17, 15) is 21.6 Å². The van der Waals surface area contributed by atoms with Gasteiger partial charge in [0.15, 0.2) is 0 Å². The van der Waals surface area contributed by atoms with Gasteiger partial charge in [0.1, 0.15) is 5.75 Å². The van der Waals surface area contributed by atoms with Crippen molar-refractivity contribution in [3.05, 3.63) is 29.8 Å². The van der Waals surface area contributed by atoms with Crippen molar-refractivity contribution < 1.29 is 25.8 Å². The van der Waals surface area contributed by atoms with E-state index in [4.69, 9.17) is 5.73 Å². The Balaban J connectivity index is 0.00000256. The lowest BCUT2D eigenvalue weighted by atomic mass is 10.2. The third kappa shape index (κ3) is 3.79. The SMILES string of the molecule is NCc1ccccc1OS(=O)(=O)C(F)(F)F.S. The number of alkyl halides is 3. The average Bonchev–Trinajstić information content (AvgIpc) is 2.16. The molecule has 0 saturated heterocycles. The molecular formula is C8H10F3NO3S2. The van der Waals surface area contributed by atoms with Gasteiger partial charge in [0.25, 0.3) is 0 Å². The Hall–Kier alpha value is -0.930. The van der Waals surface area contributed by atoms with Crippen molar-refractivity contribution in [1.29, 1.82) is 0 Å². The largest absolute Gasteiger partial charge is 0.534 e. The van der Waals surface area contributed by atoms with Gasteiger partial charge in [-0.25, -0.2) is 0 Å². The van der Waals surface area contributed by atoms with E-state index in [2.05, 4.69) is 4.18 Å². The van der Waals surface area contributed by atoms with Crippen LogP contribution in [0.2, 0.25) is 0 Å². The molecule has 1 aromatic carbocycles. The normalized spacial score (nSPS) is 11.8. The molecule has 0 saturated carbocycles. The number of nitrogens with two attached hydrogens (primary N) is 1. The molecule has 0 atom stereocenters. The molecule has 0 aliphatic carbocycles. The fourth-order valence-electron chi connectivity index (χ4n) is 0.919. The highest BCUT2D eigenvalue weighted by Crippen LogP contribution is 2.28. The summed E-state index contributed by atoms with van der Waals surface area (Å²) in [5.41, 5.74) is -0.0510. The predicted octanol–water partition coefficient (Wildman–Crippen LogP) is 1.49. The van der Waals surface area contributed by atoms with E-state index in [0.29, 0.717) is 0 Å². The van der Waals surface area contributed by atoms with Crippen LogP contribution in [0.5, 0.6) is 5.75 Å². The molecule has 0 spiro atoms. The third-order valence-corrected chi connectivity index (χ3v) is 2.64. The summed E-state index contributed by atoms with van der Waals surface area (Å²) < 4.78 is 61.4. The molecule has 98 valence electrons. The molecule has 0 unspecified atom stereocenters. The van der Waals surface area contributed by atoms with Crippen LogP contribution in [0.1, 0.15) is 5.56 Å². The standard InChI is InChI=1S/C8H8F3NO3S.H2S/c9-8(10,11)16(13,14)15-7-4-2-1-3-6(7)5-12;/h1-4H,5,12H2;1H2. The van der Waals surface area contributed by atoms with Gasteiger partial charge in [-0.3, -0.25) is 0 Å².